The van der Waals surface area contributed by atoms with E-state index in [1.165, 1.54) is 14.0 Å². The number of amides is 2. The highest BCUT2D eigenvalue weighted by Crippen LogP contribution is 2.40. The van der Waals surface area contributed by atoms with Gasteiger partial charge >= 0.3 is 5.97 Å². The van der Waals surface area contributed by atoms with Gasteiger partial charge in [-0.05, 0) is 71.4 Å². The minimum atomic E-state index is -1.03. The molecule has 1 atom stereocenters. The lowest BCUT2D eigenvalue weighted by atomic mass is 10.1. The molecule has 1 fully saturated rings. The SMILES string of the molecule is CCOc1cc(/C=C2/SC(=O)N([C@H](C)C(=O)OC)C2=O)cc(Br)c1OCc1ccccc1C#N. The summed E-state index contributed by atoms with van der Waals surface area (Å²) < 4.78 is 16.9. The van der Waals surface area contributed by atoms with Crippen LogP contribution < -0.4 is 9.47 Å². The van der Waals surface area contributed by atoms with Crippen LogP contribution >= 0.6 is 27.7 Å². The zero-order valence-electron chi connectivity index (χ0n) is 18.7. The molecular weight excluding hydrogens is 524 g/mol. The van der Waals surface area contributed by atoms with Gasteiger partial charge in [-0.3, -0.25) is 14.5 Å². The molecule has 176 valence electrons. The fraction of sp³-hybridized carbons (Fsp3) is 0.250. The topological polar surface area (TPSA) is 106 Å². The van der Waals surface area contributed by atoms with Gasteiger partial charge in [-0.15, -0.1) is 0 Å². The van der Waals surface area contributed by atoms with Gasteiger partial charge in [0.15, 0.2) is 11.5 Å². The van der Waals surface area contributed by atoms with Crippen molar-refractivity contribution in [2.75, 3.05) is 13.7 Å². The van der Waals surface area contributed by atoms with E-state index >= 15 is 0 Å². The van der Waals surface area contributed by atoms with Crippen molar-refractivity contribution in [3.63, 3.8) is 0 Å². The predicted octanol–water partition coefficient (Wildman–Crippen LogP) is 4.90. The summed E-state index contributed by atoms with van der Waals surface area (Å²) in [6, 6.07) is 11.7. The van der Waals surface area contributed by atoms with E-state index in [1.54, 1.807) is 30.3 Å². The van der Waals surface area contributed by atoms with Crippen LogP contribution in [0.25, 0.3) is 6.08 Å². The summed E-state index contributed by atoms with van der Waals surface area (Å²) in [5.74, 6) is -0.376. The first-order valence-electron chi connectivity index (χ1n) is 10.2. The normalized spacial score (nSPS) is 15.3. The molecule has 1 aliphatic rings. The number of halogens is 1. The number of carbonyl (C=O) groups is 3. The fourth-order valence-electron chi connectivity index (χ4n) is 3.22. The monoisotopic (exact) mass is 544 g/mol. The number of thioether (sulfide) groups is 1. The van der Waals surface area contributed by atoms with Crippen LogP contribution in [-0.4, -0.2) is 41.8 Å². The van der Waals surface area contributed by atoms with E-state index in [0.29, 0.717) is 33.7 Å². The van der Waals surface area contributed by atoms with Gasteiger partial charge in [0.1, 0.15) is 12.6 Å². The van der Waals surface area contributed by atoms with Crippen molar-refractivity contribution in [2.45, 2.75) is 26.5 Å². The van der Waals surface area contributed by atoms with Crippen molar-refractivity contribution >= 4 is 50.9 Å². The molecule has 2 aromatic carbocycles. The average molecular weight is 545 g/mol. The third-order valence-electron chi connectivity index (χ3n) is 4.89. The van der Waals surface area contributed by atoms with Gasteiger partial charge in [-0.25, -0.2) is 4.79 Å². The van der Waals surface area contributed by atoms with Gasteiger partial charge in [-0.1, -0.05) is 18.2 Å². The number of hydrogen-bond acceptors (Lipinski definition) is 8. The smallest absolute Gasteiger partial charge is 0.328 e. The largest absolute Gasteiger partial charge is 0.490 e. The van der Waals surface area contributed by atoms with Gasteiger partial charge in [0.2, 0.25) is 0 Å². The Hall–Kier alpha value is -3.29. The molecule has 8 nitrogen and oxygen atoms in total. The molecular formula is C24H21BrN2O6S. The summed E-state index contributed by atoms with van der Waals surface area (Å²) >= 11 is 4.23. The highest BCUT2D eigenvalue weighted by molar-refractivity contribution is 9.10. The molecule has 1 heterocycles. The highest BCUT2D eigenvalue weighted by atomic mass is 79.9. The van der Waals surface area contributed by atoms with Gasteiger partial charge in [-0.2, -0.15) is 5.26 Å². The number of ether oxygens (including phenoxy) is 3. The van der Waals surface area contributed by atoms with Gasteiger partial charge in [0.25, 0.3) is 11.1 Å². The third-order valence-corrected chi connectivity index (χ3v) is 6.37. The van der Waals surface area contributed by atoms with Crippen LogP contribution in [0.15, 0.2) is 45.8 Å². The van der Waals surface area contributed by atoms with Crippen LogP contribution in [0.5, 0.6) is 11.5 Å². The molecule has 0 spiro atoms. The number of esters is 1. The van der Waals surface area contributed by atoms with E-state index in [1.807, 2.05) is 19.1 Å². The van der Waals surface area contributed by atoms with Gasteiger partial charge < -0.3 is 14.2 Å². The van der Waals surface area contributed by atoms with E-state index in [2.05, 4.69) is 26.7 Å². The van der Waals surface area contributed by atoms with E-state index in [9.17, 15) is 19.6 Å². The predicted molar refractivity (Wildman–Crippen MR) is 130 cm³/mol. The summed E-state index contributed by atoms with van der Waals surface area (Å²) in [4.78, 5) is 38.0. The summed E-state index contributed by atoms with van der Waals surface area (Å²) in [5.41, 5.74) is 1.85. The van der Waals surface area contributed by atoms with Crippen molar-refractivity contribution in [3.8, 4) is 17.6 Å². The Labute approximate surface area is 209 Å². The Morgan fingerprint density at radius 3 is 2.68 bits per heavy atom. The van der Waals surface area contributed by atoms with Gasteiger partial charge in [0, 0.05) is 5.56 Å². The molecule has 0 aliphatic carbocycles. The summed E-state index contributed by atoms with van der Waals surface area (Å²) in [6.45, 7) is 3.79. The Bertz CT molecular complexity index is 1210. The molecule has 0 saturated carbocycles. The van der Waals surface area contributed by atoms with E-state index in [0.717, 1.165) is 22.2 Å². The van der Waals surface area contributed by atoms with E-state index < -0.39 is 23.2 Å². The zero-order valence-corrected chi connectivity index (χ0v) is 21.1. The van der Waals surface area contributed by atoms with Crippen LogP contribution in [0.1, 0.15) is 30.5 Å². The molecule has 2 amide bonds. The van der Waals surface area contributed by atoms with Crippen LogP contribution in [0.3, 0.4) is 0 Å². The van der Waals surface area contributed by atoms with Crippen LogP contribution in [0, 0.1) is 11.3 Å². The van der Waals surface area contributed by atoms with Crippen LogP contribution in [0.4, 0.5) is 4.79 Å². The molecule has 3 rings (SSSR count). The number of imide groups is 1. The Morgan fingerprint density at radius 2 is 2.00 bits per heavy atom. The number of carbonyl (C=O) groups excluding carboxylic acids is 3. The second-order valence-electron chi connectivity index (χ2n) is 7.07. The molecule has 0 N–H and O–H groups in total. The molecule has 1 aliphatic heterocycles. The number of benzene rings is 2. The summed E-state index contributed by atoms with van der Waals surface area (Å²) in [5, 5.41) is 8.74. The molecule has 0 radical (unpaired) electrons. The highest BCUT2D eigenvalue weighted by Gasteiger charge is 2.41. The van der Waals surface area contributed by atoms with Gasteiger partial charge in [0.05, 0.1) is 34.7 Å². The second kappa shape index (κ2) is 11.2. The Kier molecular flexibility index (Phi) is 8.36. The maximum Gasteiger partial charge on any atom is 0.328 e. The first-order chi connectivity index (χ1) is 16.3. The minimum absolute atomic E-state index is 0.159. The minimum Gasteiger partial charge on any atom is -0.490 e. The van der Waals surface area contributed by atoms with Crippen molar-refractivity contribution in [2.24, 2.45) is 0 Å². The van der Waals surface area contributed by atoms with Crippen LogP contribution in [-0.2, 0) is 20.9 Å². The van der Waals surface area contributed by atoms with Crippen molar-refractivity contribution in [1.29, 1.82) is 5.26 Å². The molecule has 1 saturated heterocycles. The summed E-state index contributed by atoms with van der Waals surface area (Å²) in [7, 11) is 1.20. The molecule has 0 bridgehead atoms. The van der Waals surface area contributed by atoms with E-state index in [4.69, 9.17) is 9.47 Å². The number of rotatable bonds is 8. The maximum absolute atomic E-state index is 12.8. The molecule has 10 heteroatoms. The second-order valence-corrected chi connectivity index (χ2v) is 8.92. The zero-order chi connectivity index (χ0) is 24.8. The molecule has 2 aromatic rings. The maximum atomic E-state index is 12.8. The molecule has 0 aromatic heterocycles. The quantitative estimate of drug-likeness (QED) is 0.341. The number of nitriles is 1. The molecule has 0 unspecified atom stereocenters. The summed E-state index contributed by atoms with van der Waals surface area (Å²) in [6.07, 6.45) is 1.55. The first kappa shape index (κ1) is 25.3. The lowest BCUT2D eigenvalue weighted by Gasteiger charge is -2.18. The van der Waals surface area contributed by atoms with Crippen molar-refractivity contribution in [3.05, 3.63) is 62.5 Å². The number of nitrogens with zero attached hydrogens (tertiary/aromatic N) is 2. The van der Waals surface area contributed by atoms with Crippen molar-refractivity contribution in [1.82, 2.24) is 4.90 Å². The lowest BCUT2D eigenvalue weighted by Crippen LogP contribution is -2.42. The Morgan fingerprint density at radius 1 is 1.26 bits per heavy atom. The molecule has 34 heavy (non-hydrogen) atoms. The number of methoxy groups -OCH3 is 1. The average Bonchev–Trinajstić information content (AvgIpc) is 3.10. The van der Waals surface area contributed by atoms with E-state index in [-0.39, 0.29) is 11.5 Å². The number of hydrogen-bond donors (Lipinski definition) is 0. The van der Waals surface area contributed by atoms with Crippen molar-refractivity contribution < 1.29 is 28.6 Å². The fourth-order valence-corrected chi connectivity index (χ4v) is 4.70. The lowest BCUT2D eigenvalue weighted by molar-refractivity contribution is -0.148. The van der Waals surface area contributed by atoms with Crippen LogP contribution in [0.2, 0.25) is 0 Å². The third kappa shape index (κ3) is 5.43. The first-order valence-corrected chi connectivity index (χ1v) is 11.8. The standard InChI is InChI=1S/C24H21BrN2O6S/c1-4-32-19-10-15(11-20-22(28)27(24(30)34-20)14(2)23(29)31-3)9-18(25)21(19)33-13-17-8-6-5-7-16(17)12-26/h5-11,14H,4,13H2,1-3H3/b20-11+/t14-/m1/s1. The Balaban J connectivity index is 1.89.